The summed E-state index contributed by atoms with van der Waals surface area (Å²) in [7, 11) is 0. The van der Waals surface area contributed by atoms with Gasteiger partial charge in [-0.1, -0.05) is 25.8 Å². The lowest BCUT2D eigenvalue weighted by atomic mass is 10.1. The summed E-state index contributed by atoms with van der Waals surface area (Å²) in [6.07, 6.45) is 5.69. The second-order valence-corrected chi connectivity index (χ2v) is 7.75. The minimum atomic E-state index is 0.137. The van der Waals surface area contributed by atoms with E-state index in [0.29, 0.717) is 38.5 Å². The third-order valence-corrected chi connectivity index (χ3v) is 5.93. The number of amides is 2. The number of hydrogen-bond donors (Lipinski definition) is 1. The van der Waals surface area contributed by atoms with Crippen LogP contribution in [0.4, 0.5) is 0 Å². The fraction of sp³-hybridized carbons (Fsp3) is 0.571. The summed E-state index contributed by atoms with van der Waals surface area (Å²) >= 11 is 0. The van der Waals surface area contributed by atoms with Crippen molar-refractivity contribution in [2.45, 2.75) is 45.4 Å². The van der Waals surface area contributed by atoms with Gasteiger partial charge in [-0.2, -0.15) is 0 Å². The molecule has 1 N–H and O–H groups in total. The van der Waals surface area contributed by atoms with Crippen molar-refractivity contribution in [3.05, 3.63) is 29.6 Å². The first-order valence-corrected chi connectivity index (χ1v) is 10.2. The van der Waals surface area contributed by atoms with E-state index in [0.717, 1.165) is 41.7 Å². The Morgan fingerprint density at radius 1 is 1.11 bits per heavy atom. The molecule has 144 valence electrons. The molecule has 0 unspecified atom stereocenters. The van der Waals surface area contributed by atoms with Crippen LogP contribution in [0.2, 0.25) is 0 Å². The zero-order chi connectivity index (χ0) is 18.8. The third-order valence-electron chi connectivity index (χ3n) is 5.93. The SMILES string of the molecule is CCc1nc2ccc(CC(=O)N3CCN(C(=O)C4CCCC4)CC3)cc2[nH]1. The quantitative estimate of drug-likeness (QED) is 0.902. The molecule has 4 rings (SSSR count). The number of aryl methyl sites for hydroxylation is 1. The minimum absolute atomic E-state index is 0.137. The van der Waals surface area contributed by atoms with E-state index in [2.05, 4.69) is 16.9 Å². The summed E-state index contributed by atoms with van der Waals surface area (Å²) in [5, 5.41) is 0. The smallest absolute Gasteiger partial charge is 0.227 e. The number of aromatic nitrogens is 2. The van der Waals surface area contributed by atoms with Crippen molar-refractivity contribution < 1.29 is 9.59 Å². The fourth-order valence-corrected chi connectivity index (χ4v) is 4.28. The topological polar surface area (TPSA) is 69.3 Å². The molecule has 2 fully saturated rings. The molecule has 2 heterocycles. The highest BCUT2D eigenvalue weighted by Crippen LogP contribution is 2.27. The van der Waals surface area contributed by atoms with Gasteiger partial charge < -0.3 is 14.8 Å². The average molecular weight is 368 g/mol. The maximum atomic E-state index is 12.7. The van der Waals surface area contributed by atoms with E-state index in [1.807, 2.05) is 28.0 Å². The summed E-state index contributed by atoms with van der Waals surface area (Å²) in [5.41, 5.74) is 2.94. The average Bonchev–Trinajstić information content (AvgIpc) is 3.36. The molecule has 2 amide bonds. The largest absolute Gasteiger partial charge is 0.342 e. The molecular weight excluding hydrogens is 340 g/mol. The van der Waals surface area contributed by atoms with Crippen LogP contribution >= 0.6 is 0 Å². The normalized spacial score (nSPS) is 18.4. The van der Waals surface area contributed by atoms with Crippen LogP contribution in [0.1, 0.15) is 44.0 Å². The first kappa shape index (κ1) is 18.0. The zero-order valence-electron chi connectivity index (χ0n) is 16.0. The first-order chi connectivity index (χ1) is 13.1. The number of imidazole rings is 1. The molecular formula is C21H28N4O2. The molecule has 0 bridgehead atoms. The standard InChI is InChI=1S/C21H28N4O2/c1-2-19-22-17-8-7-15(13-18(17)23-19)14-20(26)24-9-11-25(12-10-24)21(27)16-5-3-4-6-16/h7-8,13,16H,2-6,9-12,14H2,1H3,(H,22,23). The summed E-state index contributed by atoms with van der Waals surface area (Å²) < 4.78 is 0. The minimum Gasteiger partial charge on any atom is -0.342 e. The monoisotopic (exact) mass is 368 g/mol. The molecule has 0 radical (unpaired) electrons. The molecule has 1 aliphatic carbocycles. The van der Waals surface area contributed by atoms with Gasteiger partial charge in [0.05, 0.1) is 17.5 Å². The highest BCUT2D eigenvalue weighted by Gasteiger charge is 2.30. The summed E-state index contributed by atoms with van der Waals surface area (Å²) in [4.78, 5) is 36.9. The highest BCUT2D eigenvalue weighted by molar-refractivity contribution is 5.83. The van der Waals surface area contributed by atoms with E-state index < -0.39 is 0 Å². The van der Waals surface area contributed by atoms with E-state index in [9.17, 15) is 9.59 Å². The Morgan fingerprint density at radius 3 is 2.52 bits per heavy atom. The summed E-state index contributed by atoms with van der Waals surface area (Å²) in [5.74, 6) is 1.63. The highest BCUT2D eigenvalue weighted by atomic mass is 16.2. The van der Waals surface area contributed by atoms with E-state index in [-0.39, 0.29) is 11.8 Å². The predicted octanol–water partition coefficient (Wildman–Crippen LogP) is 2.53. The lowest BCUT2D eigenvalue weighted by Crippen LogP contribution is -2.52. The molecule has 2 aromatic rings. The van der Waals surface area contributed by atoms with Crippen LogP contribution < -0.4 is 0 Å². The second-order valence-electron chi connectivity index (χ2n) is 7.75. The number of fused-ring (bicyclic) bond motifs is 1. The number of rotatable bonds is 4. The Balaban J connectivity index is 1.33. The van der Waals surface area contributed by atoms with Gasteiger partial charge in [0.15, 0.2) is 0 Å². The molecule has 1 aliphatic heterocycles. The number of benzene rings is 1. The van der Waals surface area contributed by atoms with Crippen LogP contribution in [0.25, 0.3) is 11.0 Å². The van der Waals surface area contributed by atoms with Crippen molar-refractivity contribution in [2.75, 3.05) is 26.2 Å². The van der Waals surface area contributed by atoms with Crippen LogP contribution in [-0.2, 0) is 22.4 Å². The van der Waals surface area contributed by atoms with Crippen molar-refractivity contribution in [3.63, 3.8) is 0 Å². The molecule has 1 aromatic carbocycles. The Hall–Kier alpha value is -2.37. The van der Waals surface area contributed by atoms with Crippen LogP contribution in [0.15, 0.2) is 18.2 Å². The molecule has 6 heteroatoms. The van der Waals surface area contributed by atoms with Gasteiger partial charge >= 0.3 is 0 Å². The number of carbonyl (C=O) groups excluding carboxylic acids is 2. The molecule has 27 heavy (non-hydrogen) atoms. The third kappa shape index (κ3) is 3.84. The molecule has 1 saturated carbocycles. The molecule has 2 aliphatic rings. The molecule has 1 saturated heterocycles. The number of nitrogens with zero attached hydrogens (tertiary/aromatic N) is 3. The van der Waals surface area contributed by atoms with Crippen molar-refractivity contribution in [1.29, 1.82) is 0 Å². The molecule has 0 atom stereocenters. The predicted molar refractivity (Wildman–Crippen MR) is 104 cm³/mol. The van der Waals surface area contributed by atoms with Crippen molar-refractivity contribution >= 4 is 22.8 Å². The van der Waals surface area contributed by atoms with Crippen LogP contribution in [0.3, 0.4) is 0 Å². The Morgan fingerprint density at radius 2 is 1.81 bits per heavy atom. The number of nitrogens with one attached hydrogen (secondary N) is 1. The molecule has 0 spiro atoms. The van der Waals surface area contributed by atoms with Gasteiger partial charge in [0.1, 0.15) is 5.82 Å². The van der Waals surface area contributed by atoms with Crippen molar-refractivity contribution in [3.8, 4) is 0 Å². The van der Waals surface area contributed by atoms with Crippen LogP contribution in [-0.4, -0.2) is 57.8 Å². The lowest BCUT2D eigenvalue weighted by molar-refractivity contribution is -0.141. The first-order valence-electron chi connectivity index (χ1n) is 10.2. The summed E-state index contributed by atoms with van der Waals surface area (Å²) in [6, 6.07) is 5.99. The van der Waals surface area contributed by atoms with Gasteiger partial charge in [0, 0.05) is 38.5 Å². The van der Waals surface area contributed by atoms with E-state index >= 15 is 0 Å². The fourth-order valence-electron chi connectivity index (χ4n) is 4.28. The van der Waals surface area contributed by atoms with Crippen molar-refractivity contribution in [2.24, 2.45) is 5.92 Å². The van der Waals surface area contributed by atoms with E-state index in [1.54, 1.807) is 0 Å². The van der Waals surface area contributed by atoms with E-state index in [4.69, 9.17) is 0 Å². The Labute approximate surface area is 159 Å². The van der Waals surface area contributed by atoms with Gasteiger partial charge in [-0.15, -0.1) is 0 Å². The van der Waals surface area contributed by atoms with Gasteiger partial charge in [-0.05, 0) is 30.5 Å². The number of hydrogen-bond acceptors (Lipinski definition) is 3. The van der Waals surface area contributed by atoms with Crippen molar-refractivity contribution in [1.82, 2.24) is 19.8 Å². The van der Waals surface area contributed by atoms with Gasteiger partial charge in [-0.25, -0.2) is 4.98 Å². The van der Waals surface area contributed by atoms with Gasteiger partial charge in [0.2, 0.25) is 11.8 Å². The second kappa shape index (κ2) is 7.71. The number of H-pyrrole nitrogens is 1. The number of carbonyl (C=O) groups is 2. The van der Waals surface area contributed by atoms with Crippen LogP contribution in [0, 0.1) is 5.92 Å². The van der Waals surface area contributed by atoms with Crippen LogP contribution in [0.5, 0.6) is 0 Å². The lowest BCUT2D eigenvalue weighted by Gasteiger charge is -2.36. The maximum absolute atomic E-state index is 12.7. The Bertz CT molecular complexity index is 830. The van der Waals surface area contributed by atoms with Gasteiger partial charge in [0.25, 0.3) is 0 Å². The van der Waals surface area contributed by atoms with E-state index in [1.165, 1.54) is 12.8 Å². The number of piperazine rings is 1. The van der Waals surface area contributed by atoms with Gasteiger partial charge in [-0.3, -0.25) is 9.59 Å². The number of aromatic amines is 1. The Kier molecular flexibility index (Phi) is 5.14. The maximum Gasteiger partial charge on any atom is 0.227 e. The summed E-state index contributed by atoms with van der Waals surface area (Å²) in [6.45, 7) is 4.69. The molecule has 1 aromatic heterocycles. The molecule has 6 nitrogen and oxygen atoms in total. The zero-order valence-corrected chi connectivity index (χ0v) is 16.0.